The van der Waals surface area contributed by atoms with Crippen LogP contribution in [0.5, 0.6) is 0 Å². The van der Waals surface area contributed by atoms with Gasteiger partial charge in [0.05, 0.1) is 0 Å². The van der Waals surface area contributed by atoms with Crippen LogP contribution >= 0.6 is 24.6 Å². The van der Waals surface area contributed by atoms with Crippen LogP contribution in [0.25, 0.3) is 0 Å². The van der Waals surface area contributed by atoms with Crippen LogP contribution in [0.15, 0.2) is 40.4 Å². The predicted molar refractivity (Wildman–Crippen MR) is 52.8 cm³/mol. The van der Waals surface area contributed by atoms with Gasteiger partial charge in [-0.15, -0.1) is 17.7 Å². The zero-order valence-electron chi connectivity index (χ0n) is 6.53. The molecule has 0 spiro atoms. The van der Waals surface area contributed by atoms with Gasteiger partial charge in [0, 0.05) is 16.8 Å². The summed E-state index contributed by atoms with van der Waals surface area (Å²) in [6.07, 6.45) is 0. The number of hydrogen-bond acceptors (Lipinski definition) is 5. The lowest BCUT2D eigenvalue weighted by Crippen LogP contribution is -1.89. The van der Waals surface area contributed by atoms with Crippen LogP contribution in [-0.4, -0.2) is 19.6 Å². The molecule has 0 unspecified atom stereocenters. The van der Waals surface area contributed by atoms with Gasteiger partial charge < -0.3 is 0 Å². The van der Waals surface area contributed by atoms with Crippen molar-refractivity contribution < 1.29 is 0 Å². The molecule has 0 aliphatic heterocycles. The largest absolute Gasteiger partial charge is 0.217 e. The van der Waals surface area contributed by atoms with Gasteiger partial charge in [0.2, 0.25) is 5.16 Å². The van der Waals surface area contributed by atoms with E-state index in [-0.39, 0.29) is 0 Å². The Morgan fingerprint density at radius 3 is 2.62 bits per heavy atom. The number of hydrogen-bond donors (Lipinski definition) is 1. The summed E-state index contributed by atoms with van der Waals surface area (Å²) in [5.74, 6) is 0. The van der Waals surface area contributed by atoms with Crippen LogP contribution < -0.4 is 0 Å². The smallest absolute Gasteiger partial charge is 0.155 e. The maximum Gasteiger partial charge on any atom is 0.217 e. The average Bonchev–Trinajstić information content (AvgIpc) is 2.54. The summed E-state index contributed by atoms with van der Waals surface area (Å²) in [6, 6.07) is 9.86. The van der Waals surface area contributed by atoms with E-state index in [1.807, 2.05) is 30.3 Å². The van der Waals surface area contributed by atoms with Gasteiger partial charge >= 0.3 is 0 Å². The maximum absolute atomic E-state index is 4.09. The molecule has 0 atom stereocenters. The molecule has 0 amide bonds. The number of tetrazole rings is 1. The number of benzene rings is 1. The second kappa shape index (κ2) is 3.80. The van der Waals surface area contributed by atoms with Crippen LogP contribution in [0.3, 0.4) is 0 Å². The molecule has 0 radical (unpaired) electrons. The molecular formula is C7H6N4S2. The molecule has 66 valence electrons. The molecule has 0 saturated carbocycles. The number of thiol groups is 1. The first-order chi connectivity index (χ1) is 6.36. The third-order valence-electron chi connectivity index (χ3n) is 1.36. The fourth-order valence-electron chi connectivity index (χ4n) is 0.815. The van der Waals surface area contributed by atoms with Crippen LogP contribution in [0.1, 0.15) is 0 Å². The van der Waals surface area contributed by atoms with Gasteiger partial charge in [0.25, 0.3) is 0 Å². The third kappa shape index (κ3) is 2.02. The molecule has 4 nitrogen and oxygen atoms in total. The molecule has 0 aliphatic carbocycles. The van der Waals surface area contributed by atoms with Gasteiger partial charge in [-0.1, -0.05) is 18.2 Å². The minimum Gasteiger partial charge on any atom is -0.155 e. The summed E-state index contributed by atoms with van der Waals surface area (Å²) in [6.45, 7) is 0. The first kappa shape index (κ1) is 8.58. The highest BCUT2D eigenvalue weighted by atomic mass is 32.2. The van der Waals surface area contributed by atoms with Crippen LogP contribution in [-0.2, 0) is 0 Å². The van der Waals surface area contributed by atoms with Crippen molar-refractivity contribution in [3.05, 3.63) is 30.3 Å². The van der Waals surface area contributed by atoms with E-state index in [1.165, 1.54) is 11.9 Å². The summed E-state index contributed by atoms with van der Waals surface area (Å²) in [5, 5.41) is 11.4. The lowest BCUT2D eigenvalue weighted by Gasteiger charge is -1.98. The Bertz CT molecular complexity index is 386. The summed E-state index contributed by atoms with van der Waals surface area (Å²) in [4.78, 5) is 1.07. The summed E-state index contributed by atoms with van der Waals surface area (Å²) >= 11 is 5.51. The van der Waals surface area contributed by atoms with E-state index in [2.05, 4.69) is 28.2 Å². The van der Waals surface area contributed by atoms with Crippen molar-refractivity contribution in [1.82, 2.24) is 19.6 Å². The van der Waals surface area contributed by atoms with Crippen molar-refractivity contribution in [2.24, 2.45) is 0 Å². The lowest BCUT2D eigenvalue weighted by molar-refractivity contribution is 0.845. The zero-order valence-corrected chi connectivity index (χ0v) is 8.24. The molecule has 1 aromatic heterocycles. The Kier molecular flexibility index (Phi) is 2.51. The fourth-order valence-corrected chi connectivity index (χ4v) is 1.68. The lowest BCUT2D eigenvalue weighted by atomic mass is 10.4. The molecule has 0 fully saturated rings. The topological polar surface area (TPSA) is 43.6 Å². The molecule has 1 aromatic carbocycles. The molecule has 2 aromatic rings. The summed E-state index contributed by atoms with van der Waals surface area (Å²) in [5.41, 5.74) is 0. The van der Waals surface area contributed by atoms with E-state index < -0.39 is 0 Å². The van der Waals surface area contributed by atoms with Gasteiger partial charge in [0.1, 0.15) is 0 Å². The van der Waals surface area contributed by atoms with Gasteiger partial charge in [0.15, 0.2) is 0 Å². The molecule has 0 bridgehead atoms. The Balaban J connectivity index is 2.20. The standard InChI is InChI=1S/C7H6N4S2/c12-7-8-9-10-11(7)13-6-4-2-1-3-5-6/h1-5H,(H,8,10,12). The predicted octanol–water partition coefficient (Wildman–Crippen LogP) is 1.52. The molecule has 0 N–H and O–H groups in total. The van der Waals surface area contributed by atoms with Gasteiger partial charge in [-0.25, -0.2) is 0 Å². The van der Waals surface area contributed by atoms with Crippen molar-refractivity contribution in [1.29, 1.82) is 0 Å². The van der Waals surface area contributed by atoms with E-state index in [0.29, 0.717) is 5.16 Å². The van der Waals surface area contributed by atoms with Crippen molar-refractivity contribution >= 4 is 24.6 Å². The van der Waals surface area contributed by atoms with Crippen LogP contribution in [0.4, 0.5) is 0 Å². The molecule has 2 rings (SSSR count). The fraction of sp³-hybridized carbons (Fsp3) is 0. The summed E-state index contributed by atoms with van der Waals surface area (Å²) < 4.78 is 1.55. The van der Waals surface area contributed by atoms with Crippen molar-refractivity contribution in [2.45, 2.75) is 10.1 Å². The molecule has 1 heterocycles. The average molecular weight is 210 g/mol. The third-order valence-corrected chi connectivity index (χ3v) is 2.68. The minimum absolute atomic E-state index is 0.494. The SMILES string of the molecule is Sc1nnnn1Sc1ccccc1. The van der Waals surface area contributed by atoms with Crippen molar-refractivity contribution in [2.75, 3.05) is 0 Å². The second-order valence-electron chi connectivity index (χ2n) is 2.26. The van der Waals surface area contributed by atoms with Crippen molar-refractivity contribution in [3.63, 3.8) is 0 Å². The molecule has 0 aliphatic rings. The highest BCUT2D eigenvalue weighted by Crippen LogP contribution is 2.19. The maximum atomic E-state index is 4.09. The highest BCUT2D eigenvalue weighted by molar-refractivity contribution is 7.98. The Morgan fingerprint density at radius 1 is 1.23 bits per heavy atom. The molecule has 13 heavy (non-hydrogen) atoms. The number of rotatable bonds is 2. The minimum atomic E-state index is 0.494. The van der Waals surface area contributed by atoms with Crippen molar-refractivity contribution in [3.8, 4) is 0 Å². The van der Waals surface area contributed by atoms with E-state index >= 15 is 0 Å². The second-order valence-corrected chi connectivity index (χ2v) is 3.66. The number of nitrogens with zero attached hydrogens (tertiary/aromatic N) is 4. The Morgan fingerprint density at radius 2 is 2.00 bits per heavy atom. The quantitative estimate of drug-likeness (QED) is 0.763. The molecule has 6 heteroatoms. The number of aromatic nitrogens is 4. The van der Waals surface area contributed by atoms with E-state index in [4.69, 9.17) is 0 Å². The van der Waals surface area contributed by atoms with Crippen LogP contribution in [0, 0.1) is 0 Å². The first-order valence-electron chi connectivity index (χ1n) is 3.57. The van der Waals surface area contributed by atoms with E-state index in [9.17, 15) is 0 Å². The van der Waals surface area contributed by atoms with Crippen LogP contribution in [0.2, 0.25) is 0 Å². The molecular weight excluding hydrogens is 204 g/mol. The van der Waals surface area contributed by atoms with Gasteiger partial charge in [-0.3, -0.25) is 0 Å². The van der Waals surface area contributed by atoms with E-state index in [1.54, 1.807) is 4.09 Å². The zero-order chi connectivity index (χ0) is 9.10. The Hall–Kier alpha value is -1.01. The molecule has 0 saturated heterocycles. The van der Waals surface area contributed by atoms with Gasteiger partial charge in [-0.2, -0.15) is 4.09 Å². The van der Waals surface area contributed by atoms with E-state index in [0.717, 1.165) is 4.90 Å². The normalized spacial score (nSPS) is 10.2. The summed E-state index contributed by atoms with van der Waals surface area (Å²) in [7, 11) is 0. The van der Waals surface area contributed by atoms with Gasteiger partial charge in [-0.05, 0) is 22.6 Å². The first-order valence-corrected chi connectivity index (χ1v) is 4.79. The monoisotopic (exact) mass is 210 g/mol. The highest BCUT2D eigenvalue weighted by Gasteiger charge is 2.01. The Labute approximate surface area is 84.9 Å².